The number of hydrogen-bond acceptors (Lipinski definition) is 5. The summed E-state index contributed by atoms with van der Waals surface area (Å²) >= 11 is 1.89. The van der Waals surface area contributed by atoms with E-state index >= 15 is 0 Å². The highest BCUT2D eigenvalue weighted by Gasteiger charge is 2.23. The number of anilines is 1. The monoisotopic (exact) mass is 228 g/mol. The maximum absolute atomic E-state index is 10.6. The van der Waals surface area contributed by atoms with Gasteiger partial charge in [-0.25, -0.2) is 4.79 Å². The Labute approximate surface area is 91.5 Å². The second-order valence-electron chi connectivity index (χ2n) is 3.44. The van der Waals surface area contributed by atoms with E-state index in [0.717, 1.165) is 18.1 Å². The topological polar surface area (TPSA) is 66.6 Å². The molecule has 15 heavy (non-hydrogen) atoms. The van der Waals surface area contributed by atoms with Gasteiger partial charge in [0.05, 0.1) is 0 Å². The molecule has 1 aliphatic heterocycles. The Balaban J connectivity index is 2.17. The fourth-order valence-electron chi connectivity index (χ4n) is 1.51. The lowest BCUT2D eigenvalue weighted by molar-refractivity contribution is 0.0690. The van der Waals surface area contributed by atoms with Gasteiger partial charge in [-0.1, -0.05) is 0 Å². The first-order valence-electron chi connectivity index (χ1n) is 4.71. The molecule has 5 nitrogen and oxygen atoms in total. The summed E-state index contributed by atoms with van der Waals surface area (Å²) in [6, 6.07) is 0.754. The molecule has 1 aliphatic rings. The lowest BCUT2D eigenvalue weighted by atomic mass is 10.3. The Kier molecular flexibility index (Phi) is 2.86. The third kappa shape index (κ3) is 2.09. The number of carboxylic acid groups (broad SMARTS) is 1. The predicted molar refractivity (Wildman–Crippen MR) is 57.6 cm³/mol. The lowest BCUT2D eigenvalue weighted by Gasteiger charge is -2.31. The van der Waals surface area contributed by atoms with Gasteiger partial charge in [0, 0.05) is 24.1 Å². The van der Waals surface area contributed by atoms with Gasteiger partial charge >= 0.3 is 5.97 Å². The minimum Gasteiger partial charge on any atom is -0.476 e. The van der Waals surface area contributed by atoms with Crippen LogP contribution in [0.25, 0.3) is 0 Å². The van der Waals surface area contributed by atoms with Crippen LogP contribution in [0.1, 0.15) is 17.4 Å². The summed E-state index contributed by atoms with van der Waals surface area (Å²) in [5, 5.41) is 8.72. The van der Waals surface area contributed by atoms with Crippen molar-refractivity contribution in [2.75, 3.05) is 23.0 Å². The first kappa shape index (κ1) is 10.4. The smallest absolute Gasteiger partial charge is 0.357 e. The van der Waals surface area contributed by atoms with E-state index in [0.29, 0.717) is 12.1 Å². The molecular formula is C9H12N2O3S. The first-order valence-corrected chi connectivity index (χ1v) is 5.87. The van der Waals surface area contributed by atoms with Gasteiger partial charge in [0.15, 0.2) is 5.69 Å². The number of oxazole rings is 1. The van der Waals surface area contributed by atoms with Crippen molar-refractivity contribution in [3.8, 4) is 0 Å². The summed E-state index contributed by atoms with van der Waals surface area (Å²) < 4.78 is 5.16. The number of aromatic carboxylic acids is 1. The van der Waals surface area contributed by atoms with E-state index in [1.807, 2.05) is 16.7 Å². The molecule has 0 bridgehead atoms. The minimum absolute atomic E-state index is 0.0320. The van der Waals surface area contributed by atoms with Gasteiger partial charge in [-0.2, -0.15) is 16.7 Å². The standard InChI is InChI=1S/C9H12N2O3S/c1-6-5-15-3-2-11(6)9-10-7(4-14-9)8(12)13/h4,6H,2-3,5H2,1H3,(H,12,13). The third-order valence-electron chi connectivity index (χ3n) is 2.32. The van der Waals surface area contributed by atoms with Crippen LogP contribution in [0.15, 0.2) is 10.7 Å². The highest BCUT2D eigenvalue weighted by Crippen LogP contribution is 2.23. The Morgan fingerprint density at radius 3 is 3.20 bits per heavy atom. The van der Waals surface area contributed by atoms with E-state index in [4.69, 9.17) is 9.52 Å². The Morgan fingerprint density at radius 2 is 2.60 bits per heavy atom. The van der Waals surface area contributed by atoms with Crippen molar-refractivity contribution in [1.82, 2.24) is 4.98 Å². The largest absolute Gasteiger partial charge is 0.476 e. The number of nitrogens with zero attached hydrogens (tertiary/aromatic N) is 2. The number of hydrogen-bond donors (Lipinski definition) is 1. The van der Waals surface area contributed by atoms with E-state index in [-0.39, 0.29) is 5.69 Å². The number of thioether (sulfide) groups is 1. The summed E-state index contributed by atoms with van der Waals surface area (Å²) in [5.74, 6) is 0.990. The highest BCUT2D eigenvalue weighted by atomic mass is 32.2. The molecule has 82 valence electrons. The lowest BCUT2D eigenvalue weighted by Crippen LogP contribution is -2.40. The van der Waals surface area contributed by atoms with Crippen molar-refractivity contribution in [2.45, 2.75) is 13.0 Å². The van der Waals surface area contributed by atoms with Gasteiger partial charge in [0.1, 0.15) is 6.26 Å². The molecule has 0 radical (unpaired) electrons. The van der Waals surface area contributed by atoms with E-state index in [1.54, 1.807) is 0 Å². The SMILES string of the molecule is CC1CSCCN1c1nc(C(=O)O)co1. The molecule has 0 aromatic carbocycles. The van der Waals surface area contributed by atoms with Crippen LogP contribution in [0.5, 0.6) is 0 Å². The molecule has 1 unspecified atom stereocenters. The van der Waals surface area contributed by atoms with Crippen molar-refractivity contribution in [2.24, 2.45) is 0 Å². The number of carbonyl (C=O) groups is 1. The van der Waals surface area contributed by atoms with Crippen LogP contribution in [0.4, 0.5) is 6.01 Å². The molecular weight excluding hydrogens is 216 g/mol. The average molecular weight is 228 g/mol. The summed E-state index contributed by atoms with van der Waals surface area (Å²) in [5.41, 5.74) is -0.0320. The quantitative estimate of drug-likeness (QED) is 0.823. The van der Waals surface area contributed by atoms with Crippen LogP contribution in [0.3, 0.4) is 0 Å². The van der Waals surface area contributed by atoms with E-state index in [2.05, 4.69) is 11.9 Å². The van der Waals surface area contributed by atoms with Gasteiger partial charge in [-0.3, -0.25) is 0 Å². The van der Waals surface area contributed by atoms with Gasteiger partial charge in [-0.15, -0.1) is 0 Å². The van der Waals surface area contributed by atoms with Crippen LogP contribution in [-0.2, 0) is 0 Å². The maximum Gasteiger partial charge on any atom is 0.357 e. The van der Waals surface area contributed by atoms with Crippen molar-refractivity contribution < 1.29 is 14.3 Å². The fraction of sp³-hybridized carbons (Fsp3) is 0.556. The molecule has 1 aromatic heterocycles. The Morgan fingerprint density at radius 1 is 1.80 bits per heavy atom. The second kappa shape index (κ2) is 4.14. The molecule has 1 saturated heterocycles. The normalized spacial score (nSPS) is 21.7. The van der Waals surface area contributed by atoms with E-state index in [1.165, 1.54) is 6.26 Å². The van der Waals surface area contributed by atoms with Crippen LogP contribution in [-0.4, -0.2) is 40.2 Å². The molecule has 1 fully saturated rings. The molecule has 0 saturated carbocycles. The molecule has 2 rings (SSSR count). The Hall–Kier alpha value is -1.17. The zero-order chi connectivity index (χ0) is 10.8. The first-order chi connectivity index (χ1) is 7.18. The molecule has 1 aromatic rings. The molecule has 2 heterocycles. The van der Waals surface area contributed by atoms with Crippen LogP contribution in [0.2, 0.25) is 0 Å². The molecule has 1 atom stereocenters. The molecule has 6 heteroatoms. The van der Waals surface area contributed by atoms with Crippen molar-refractivity contribution in [3.63, 3.8) is 0 Å². The van der Waals surface area contributed by atoms with Crippen molar-refractivity contribution in [3.05, 3.63) is 12.0 Å². The van der Waals surface area contributed by atoms with Gasteiger partial charge < -0.3 is 14.4 Å². The van der Waals surface area contributed by atoms with Crippen LogP contribution in [0, 0.1) is 0 Å². The second-order valence-corrected chi connectivity index (χ2v) is 4.59. The maximum atomic E-state index is 10.6. The molecule has 0 amide bonds. The van der Waals surface area contributed by atoms with Gasteiger partial charge in [0.2, 0.25) is 0 Å². The number of rotatable bonds is 2. The zero-order valence-electron chi connectivity index (χ0n) is 8.34. The summed E-state index contributed by atoms with van der Waals surface area (Å²) in [4.78, 5) is 16.6. The number of aromatic nitrogens is 1. The van der Waals surface area contributed by atoms with Crippen LogP contribution < -0.4 is 4.90 Å². The molecule has 1 N–H and O–H groups in total. The number of carboxylic acids is 1. The molecule has 0 spiro atoms. The van der Waals surface area contributed by atoms with Crippen molar-refractivity contribution >= 4 is 23.7 Å². The van der Waals surface area contributed by atoms with Crippen LogP contribution >= 0.6 is 11.8 Å². The molecule has 0 aliphatic carbocycles. The fourth-order valence-corrected chi connectivity index (χ4v) is 2.52. The van der Waals surface area contributed by atoms with Gasteiger partial charge in [-0.05, 0) is 6.92 Å². The van der Waals surface area contributed by atoms with E-state index in [9.17, 15) is 4.79 Å². The zero-order valence-corrected chi connectivity index (χ0v) is 9.16. The van der Waals surface area contributed by atoms with Crippen molar-refractivity contribution in [1.29, 1.82) is 0 Å². The van der Waals surface area contributed by atoms with Gasteiger partial charge in [0.25, 0.3) is 6.01 Å². The average Bonchev–Trinajstić information content (AvgIpc) is 2.67. The predicted octanol–water partition coefficient (Wildman–Crippen LogP) is 1.31. The Bertz CT molecular complexity index is 366. The third-order valence-corrected chi connectivity index (χ3v) is 3.51. The minimum atomic E-state index is -1.05. The summed E-state index contributed by atoms with van der Waals surface area (Å²) in [7, 11) is 0. The highest BCUT2D eigenvalue weighted by molar-refractivity contribution is 7.99. The summed E-state index contributed by atoms with van der Waals surface area (Å²) in [6.45, 7) is 2.93. The van der Waals surface area contributed by atoms with E-state index < -0.39 is 5.97 Å². The summed E-state index contributed by atoms with van der Waals surface area (Å²) in [6.07, 6.45) is 1.19.